The van der Waals surface area contributed by atoms with Gasteiger partial charge in [-0.3, -0.25) is 20.4 Å². The van der Waals surface area contributed by atoms with Crippen LogP contribution in [0.5, 0.6) is 0 Å². The molecule has 0 atom stereocenters. The maximum Gasteiger partial charge on any atom is 0.279 e. The van der Waals surface area contributed by atoms with Crippen LogP contribution < -0.4 is 10.9 Å². The number of thiophene rings is 1. The minimum absolute atomic E-state index is 0.313. The van der Waals surface area contributed by atoms with Gasteiger partial charge in [0, 0.05) is 5.56 Å². The van der Waals surface area contributed by atoms with E-state index in [1.807, 2.05) is 19.1 Å². The van der Waals surface area contributed by atoms with E-state index in [9.17, 15) is 9.59 Å². The largest absolute Gasteiger partial charge is 0.279 e. The van der Waals surface area contributed by atoms with Crippen molar-refractivity contribution in [1.82, 2.24) is 10.9 Å². The van der Waals surface area contributed by atoms with Gasteiger partial charge in [0.05, 0.1) is 4.88 Å². The van der Waals surface area contributed by atoms with Gasteiger partial charge in [0.2, 0.25) is 0 Å². The molecule has 0 bridgehead atoms. The molecule has 1 aromatic heterocycles. The molecule has 1 heterocycles. The Morgan fingerprint density at radius 2 is 1.72 bits per heavy atom. The summed E-state index contributed by atoms with van der Waals surface area (Å²) in [5.41, 5.74) is 6.19. The van der Waals surface area contributed by atoms with E-state index in [0.717, 1.165) is 5.56 Å². The van der Waals surface area contributed by atoms with Crippen LogP contribution in [0.25, 0.3) is 0 Å². The number of aryl methyl sites for hydroxylation is 1. The van der Waals surface area contributed by atoms with E-state index in [1.54, 1.807) is 29.6 Å². The highest BCUT2D eigenvalue weighted by Crippen LogP contribution is 2.08. The lowest BCUT2D eigenvalue weighted by Crippen LogP contribution is -2.41. The molecule has 5 heteroatoms. The van der Waals surface area contributed by atoms with E-state index >= 15 is 0 Å². The maximum atomic E-state index is 11.8. The molecule has 0 fully saturated rings. The summed E-state index contributed by atoms with van der Waals surface area (Å²) in [4.78, 5) is 24.0. The van der Waals surface area contributed by atoms with Crippen molar-refractivity contribution >= 4 is 23.2 Å². The molecular weight excluding hydrogens is 248 g/mol. The Morgan fingerprint density at radius 3 is 2.39 bits per heavy atom. The fourth-order valence-electron chi connectivity index (χ4n) is 1.48. The molecule has 0 aliphatic carbocycles. The fraction of sp³-hybridized carbons (Fsp3) is 0.0769. The Bertz CT molecular complexity index is 564. The van der Waals surface area contributed by atoms with Crippen molar-refractivity contribution in [3.63, 3.8) is 0 Å². The monoisotopic (exact) mass is 260 g/mol. The molecular formula is C13H12N2O2S. The summed E-state index contributed by atoms with van der Waals surface area (Å²) >= 11 is 1.32. The van der Waals surface area contributed by atoms with E-state index in [-0.39, 0.29) is 11.8 Å². The number of carbonyl (C=O) groups excluding carboxylic acids is 2. The lowest BCUT2D eigenvalue weighted by molar-refractivity contribution is 0.0848. The Balaban J connectivity index is 1.97. The molecule has 0 unspecified atom stereocenters. The third-order valence-electron chi connectivity index (χ3n) is 2.42. The molecule has 0 spiro atoms. The average Bonchev–Trinajstić information content (AvgIpc) is 2.90. The van der Waals surface area contributed by atoms with E-state index in [4.69, 9.17) is 0 Å². The van der Waals surface area contributed by atoms with Crippen molar-refractivity contribution in [3.05, 3.63) is 57.8 Å². The minimum Gasteiger partial charge on any atom is -0.267 e. The zero-order valence-corrected chi connectivity index (χ0v) is 10.6. The summed E-state index contributed by atoms with van der Waals surface area (Å²) in [7, 11) is 0. The molecule has 2 rings (SSSR count). The van der Waals surface area contributed by atoms with Crippen molar-refractivity contribution in [3.8, 4) is 0 Å². The van der Waals surface area contributed by atoms with Gasteiger partial charge in [0.1, 0.15) is 0 Å². The standard InChI is InChI=1S/C13H12N2O2S/c1-9-5-2-3-6-10(9)12(16)14-15-13(17)11-7-4-8-18-11/h2-8H,1H3,(H,14,16)(H,15,17). The Hall–Kier alpha value is -2.14. The highest BCUT2D eigenvalue weighted by molar-refractivity contribution is 7.12. The second-order valence-corrected chi connectivity index (χ2v) is 4.65. The first-order chi connectivity index (χ1) is 8.68. The van der Waals surface area contributed by atoms with Crippen molar-refractivity contribution in [2.45, 2.75) is 6.92 Å². The molecule has 4 nitrogen and oxygen atoms in total. The van der Waals surface area contributed by atoms with Crippen LogP contribution in [-0.2, 0) is 0 Å². The lowest BCUT2D eigenvalue weighted by Gasteiger charge is -2.07. The van der Waals surface area contributed by atoms with Crippen molar-refractivity contribution in [1.29, 1.82) is 0 Å². The number of benzene rings is 1. The van der Waals surface area contributed by atoms with Gasteiger partial charge in [-0.05, 0) is 30.0 Å². The first-order valence-electron chi connectivity index (χ1n) is 5.38. The van der Waals surface area contributed by atoms with Crippen LogP contribution in [0.15, 0.2) is 41.8 Å². The Labute approximate surface area is 109 Å². The number of hydrogen-bond donors (Lipinski definition) is 2. The van der Waals surface area contributed by atoms with Crippen LogP contribution in [0.1, 0.15) is 25.6 Å². The summed E-state index contributed by atoms with van der Waals surface area (Å²) in [6.45, 7) is 1.84. The van der Waals surface area contributed by atoms with Crippen LogP contribution in [0.3, 0.4) is 0 Å². The van der Waals surface area contributed by atoms with Crippen LogP contribution in [0.2, 0.25) is 0 Å². The van der Waals surface area contributed by atoms with E-state index < -0.39 is 0 Å². The van der Waals surface area contributed by atoms with Gasteiger partial charge in [0.15, 0.2) is 0 Å². The molecule has 2 N–H and O–H groups in total. The molecule has 0 saturated heterocycles. The second kappa shape index (κ2) is 5.46. The molecule has 0 radical (unpaired) electrons. The van der Waals surface area contributed by atoms with Gasteiger partial charge in [-0.1, -0.05) is 24.3 Å². The number of carbonyl (C=O) groups is 2. The normalized spacial score (nSPS) is 9.83. The van der Waals surface area contributed by atoms with Crippen molar-refractivity contribution < 1.29 is 9.59 Å². The predicted octanol–water partition coefficient (Wildman–Crippen LogP) is 2.13. The van der Waals surface area contributed by atoms with Gasteiger partial charge >= 0.3 is 0 Å². The first kappa shape index (κ1) is 12.3. The summed E-state index contributed by atoms with van der Waals surface area (Å²) in [5.74, 6) is -0.634. The zero-order chi connectivity index (χ0) is 13.0. The van der Waals surface area contributed by atoms with Crippen LogP contribution in [-0.4, -0.2) is 11.8 Å². The van der Waals surface area contributed by atoms with Crippen LogP contribution >= 0.6 is 11.3 Å². The average molecular weight is 260 g/mol. The topological polar surface area (TPSA) is 58.2 Å². The highest BCUT2D eigenvalue weighted by atomic mass is 32.1. The fourth-order valence-corrected chi connectivity index (χ4v) is 2.10. The quantitative estimate of drug-likeness (QED) is 0.813. The zero-order valence-electron chi connectivity index (χ0n) is 9.77. The van der Waals surface area contributed by atoms with Gasteiger partial charge in [-0.25, -0.2) is 0 Å². The molecule has 1 aromatic carbocycles. The lowest BCUT2D eigenvalue weighted by atomic mass is 10.1. The number of amides is 2. The van der Waals surface area contributed by atoms with E-state index in [2.05, 4.69) is 10.9 Å². The minimum atomic E-state index is -0.321. The van der Waals surface area contributed by atoms with Crippen molar-refractivity contribution in [2.75, 3.05) is 0 Å². The smallest absolute Gasteiger partial charge is 0.267 e. The van der Waals surface area contributed by atoms with Crippen LogP contribution in [0, 0.1) is 6.92 Å². The Kier molecular flexibility index (Phi) is 3.74. The number of rotatable bonds is 2. The maximum absolute atomic E-state index is 11.8. The van der Waals surface area contributed by atoms with Crippen LogP contribution in [0.4, 0.5) is 0 Å². The highest BCUT2D eigenvalue weighted by Gasteiger charge is 2.10. The van der Waals surface area contributed by atoms with E-state index in [0.29, 0.717) is 10.4 Å². The molecule has 0 aliphatic heterocycles. The number of hydrogen-bond acceptors (Lipinski definition) is 3. The summed E-state index contributed by atoms with van der Waals surface area (Å²) < 4.78 is 0. The third-order valence-corrected chi connectivity index (χ3v) is 3.29. The molecule has 0 saturated carbocycles. The number of hydrazine groups is 1. The van der Waals surface area contributed by atoms with E-state index in [1.165, 1.54) is 11.3 Å². The predicted molar refractivity (Wildman–Crippen MR) is 70.4 cm³/mol. The van der Waals surface area contributed by atoms with Crippen molar-refractivity contribution in [2.24, 2.45) is 0 Å². The van der Waals surface area contributed by atoms with Gasteiger partial charge in [-0.15, -0.1) is 11.3 Å². The van der Waals surface area contributed by atoms with Gasteiger partial charge < -0.3 is 0 Å². The molecule has 18 heavy (non-hydrogen) atoms. The molecule has 2 aromatic rings. The second-order valence-electron chi connectivity index (χ2n) is 3.70. The molecule has 92 valence electrons. The summed E-state index contributed by atoms with van der Waals surface area (Å²) in [5, 5.41) is 1.80. The molecule has 0 aliphatic rings. The van der Waals surface area contributed by atoms with Gasteiger partial charge in [0.25, 0.3) is 11.8 Å². The summed E-state index contributed by atoms with van der Waals surface area (Å²) in [6, 6.07) is 10.7. The number of nitrogens with one attached hydrogen (secondary N) is 2. The third kappa shape index (κ3) is 2.75. The Morgan fingerprint density at radius 1 is 1.00 bits per heavy atom. The summed E-state index contributed by atoms with van der Waals surface area (Å²) in [6.07, 6.45) is 0. The van der Waals surface area contributed by atoms with Gasteiger partial charge in [-0.2, -0.15) is 0 Å². The SMILES string of the molecule is Cc1ccccc1C(=O)NNC(=O)c1cccs1. The molecule has 2 amide bonds. The first-order valence-corrected chi connectivity index (χ1v) is 6.26.